The predicted octanol–water partition coefficient (Wildman–Crippen LogP) is 3.91. The summed E-state index contributed by atoms with van der Waals surface area (Å²) in [6, 6.07) is 2.80. The Hall–Kier alpha value is -1.17. The summed E-state index contributed by atoms with van der Waals surface area (Å²) in [5.74, 6) is -0.666. The van der Waals surface area contributed by atoms with Gasteiger partial charge in [0.2, 0.25) is 0 Å². The number of carboxylic acid groups (broad SMARTS) is 1. The van der Waals surface area contributed by atoms with Gasteiger partial charge in [0.25, 0.3) is 0 Å². The topological polar surface area (TPSA) is 37.3 Å². The standard InChI is InChI=1S/C11H11F3O2S/c1-2-5-17-9-4-3-7(11(12,13)14)6-8(9)10(15)16/h3-4,6H,2,5H2,1H3,(H,15,16). The molecule has 0 aliphatic rings. The summed E-state index contributed by atoms with van der Waals surface area (Å²) in [5.41, 5.74) is -1.23. The molecule has 0 fully saturated rings. The molecule has 1 N–H and O–H groups in total. The van der Waals surface area contributed by atoms with E-state index in [1.807, 2.05) is 6.92 Å². The molecule has 0 saturated heterocycles. The summed E-state index contributed by atoms with van der Waals surface area (Å²) in [6.07, 6.45) is -3.69. The zero-order valence-corrected chi connectivity index (χ0v) is 9.86. The molecule has 0 bridgehead atoms. The van der Waals surface area contributed by atoms with Gasteiger partial charge in [-0.25, -0.2) is 4.79 Å². The van der Waals surface area contributed by atoms with Crippen molar-refractivity contribution < 1.29 is 23.1 Å². The Balaban J connectivity index is 3.13. The summed E-state index contributed by atoms with van der Waals surface area (Å²) in [4.78, 5) is 11.3. The highest BCUT2D eigenvalue weighted by atomic mass is 32.2. The minimum Gasteiger partial charge on any atom is -0.478 e. The van der Waals surface area contributed by atoms with Crippen LogP contribution in [-0.2, 0) is 6.18 Å². The van der Waals surface area contributed by atoms with Crippen LogP contribution in [0.15, 0.2) is 23.1 Å². The van der Waals surface area contributed by atoms with Crippen LogP contribution in [0.25, 0.3) is 0 Å². The quantitative estimate of drug-likeness (QED) is 0.838. The van der Waals surface area contributed by atoms with E-state index in [-0.39, 0.29) is 5.56 Å². The van der Waals surface area contributed by atoms with Crippen LogP contribution in [0.3, 0.4) is 0 Å². The molecule has 0 aliphatic heterocycles. The molecule has 0 heterocycles. The SMILES string of the molecule is CCCSc1ccc(C(F)(F)F)cc1C(=O)O. The van der Waals surface area contributed by atoms with Gasteiger partial charge >= 0.3 is 12.1 Å². The number of carbonyl (C=O) groups is 1. The molecule has 0 spiro atoms. The van der Waals surface area contributed by atoms with Crippen molar-refractivity contribution in [1.29, 1.82) is 0 Å². The Morgan fingerprint density at radius 3 is 2.53 bits per heavy atom. The van der Waals surface area contributed by atoms with Gasteiger partial charge in [-0.15, -0.1) is 11.8 Å². The first-order valence-electron chi connectivity index (χ1n) is 4.93. The fourth-order valence-electron chi connectivity index (χ4n) is 1.21. The van der Waals surface area contributed by atoms with Gasteiger partial charge in [0.15, 0.2) is 0 Å². The van der Waals surface area contributed by atoms with E-state index in [4.69, 9.17) is 5.11 Å². The fourth-order valence-corrected chi connectivity index (χ4v) is 2.10. The summed E-state index contributed by atoms with van der Waals surface area (Å²) in [7, 11) is 0. The number of carboxylic acids is 1. The van der Waals surface area contributed by atoms with Crippen molar-refractivity contribution in [3.8, 4) is 0 Å². The molecule has 6 heteroatoms. The zero-order valence-electron chi connectivity index (χ0n) is 9.04. The summed E-state index contributed by atoms with van der Waals surface area (Å²) in [5, 5.41) is 8.87. The van der Waals surface area contributed by atoms with Crippen molar-refractivity contribution >= 4 is 17.7 Å². The molecule has 0 unspecified atom stereocenters. The summed E-state index contributed by atoms with van der Waals surface area (Å²) >= 11 is 1.25. The van der Waals surface area contributed by atoms with E-state index >= 15 is 0 Å². The molecule has 1 rings (SSSR count). The first kappa shape index (κ1) is 13.9. The van der Waals surface area contributed by atoms with E-state index < -0.39 is 17.7 Å². The van der Waals surface area contributed by atoms with Crippen molar-refractivity contribution in [2.45, 2.75) is 24.4 Å². The van der Waals surface area contributed by atoms with Crippen molar-refractivity contribution in [2.75, 3.05) is 5.75 Å². The van der Waals surface area contributed by atoms with Gasteiger partial charge in [0.1, 0.15) is 0 Å². The number of thioether (sulfide) groups is 1. The maximum absolute atomic E-state index is 12.4. The normalized spacial score (nSPS) is 11.5. The molecule has 0 aliphatic carbocycles. The molecule has 0 amide bonds. The van der Waals surface area contributed by atoms with E-state index in [1.54, 1.807) is 0 Å². The molecule has 94 valence electrons. The summed E-state index contributed by atoms with van der Waals surface area (Å²) < 4.78 is 37.2. The Morgan fingerprint density at radius 1 is 1.41 bits per heavy atom. The summed E-state index contributed by atoms with van der Waals surface area (Å²) in [6.45, 7) is 1.91. The van der Waals surface area contributed by atoms with Gasteiger partial charge in [-0.3, -0.25) is 0 Å². The van der Waals surface area contributed by atoms with Crippen LogP contribution < -0.4 is 0 Å². The Bertz CT molecular complexity index is 416. The maximum atomic E-state index is 12.4. The molecule has 2 nitrogen and oxygen atoms in total. The van der Waals surface area contributed by atoms with Crippen molar-refractivity contribution in [3.05, 3.63) is 29.3 Å². The number of alkyl halides is 3. The maximum Gasteiger partial charge on any atom is 0.416 e. The van der Waals surface area contributed by atoms with Crippen LogP contribution in [0.4, 0.5) is 13.2 Å². The lowest BCUT2D eigenvalue weighted by Gasteiger charge is -2.10. The smallest absolute Gasteiger partial charge is 0.416 e. The van der Waals surface area contributed by atoms with E-state index in [1.165, 1.54) is 17.8 Å². The average molecular weight is 264 g/mol. The molecule has 17 heavy (non-hydrogen) atoms. The van der Waals surface area contributed by atoms with Crippen LogP contribution >= 0.6 is 11.8 Å². The minimum absolute atomic E-state index is 0.293. The van der Waals surface area contributed by atoms with Crippen molar-refractivity contribution in [3.63, 3.8) is 0 Å². The van der Waals surface area contributed by atoms with Gasteiger partial charge in [0.05, 0.1) is 11.1 Å². The Labute approximate surface area is 101 Å². The predicted molar refractivity (Wildman–Crippen MR) is 59.4 cm³/mol. The first-order valence-corrected chi connectivity index (χ1v) is 5.92. The van der Waals surface area contributed by atoms with E-state index in [2.05, 4.69) is 0 Å². The van der Waals surface area contributed by atoms with E-state index in [9.17, 15) is 18.0 Å². The third-order valence-electron chi connectivity index (χ3n) is 2.00. The van der Waals surface area contributed by atoms with E-state index in [0.29, 0.717) is 16.7 Å². The molecule has 0 radical (unpaired) electrons. The van der Waals surface area contributed by atoms with Crippen LogP contribution in [-0.4, -0.2) is 16.8 Å². The van der Waals surface area contributed by atoms with Gasteiger partial charge in [0, 0.05) is 4.90 Å². The molecule has 0 atom stereocenters. The van der Waals surface area contributed by atoms with Crippen LogP contribution in [0.1, 0.15) is 29.3 Å². The highest BCUT2D eigenvalue weighted by molar-refractivity contribution is 7.99. The van der Waals surface area contributed by atoms with Crippen molar-refractivity contribution in [2.24, 2.45) is 0 Å². The molecule has 0 saturated carbocycles. The largest absolute Gasteiger partial charge is 0.478 e. The Kier molecular flexibility index (Phi) is 4.45. The number of aromatic carboxylic acids is 1. The number of benzene rings is 1. The van der Waals surface area contributed by atoms with Gasteiger partial charge in [-0.1, -0.05) is 6.92 Å². The third kappa shape index (κ3) is 3.66. The molecule has 0 aromatic heterocycles. The second-order valence-corrected chi connectivity index (χ2v) is 4.50. The second kappa shape index (κ2) is 5.44. The molecular formula is C11H11F3O2S. The zero-order chi connectivity index (χ0) is 13.1. The number of hydrogen-bond donors (Lipinski definition) is 1. The lowest BCUT2D eigenvalue weighted by Crippen LogP contribution is -2.08. The highest BCUT2D eigenvalue weighted by Crippen LogP contribution is 2.33. The van der Waals surface area contributed by atoms with Crippen LogP contribution in [0, 0.1) is 0 Å². The monoisotopic (exact) mass is 264 g/mol. The minimum atomic E-state index is -4.52. The third-order valence-corrected chi connectivity index (χ3v) is 3.28. The molecular weight excluding hydrogens is 253 g/mol. The van der Waals surface area contributed by atoms with Gasteiger partial charge in [-0.2, -0.15) is 13.2 Å². The second-order valence-electron chi connectivity index (χ2n) is 3.36. The first-order chi connectivity index (χ1) is 7.86. The highest BCUT2D eigenvalue weighted by Gasteiger charge is 2.31. The number of rotatable bonds is 4. The average Bonchev–Trinajstić information content (AvgIpc) is 2.24. The number of hydrogen-bond acceptors (Lipinski definition) is 2. The van der Waals surface area contributed by atoms with E-state index in [0.717, 1.165) is 12.5 Å². The number of halogens is 3. The lowest BCUT2D eigenvalue weighted by molar-refractivity contribution is -0.137. The Morgan fingerprint density at radius 2 is 2.06 bits per heavy atom. The van der Waals surface area contributed by atoms with Crippen LogP contribution in [0.5, 0.6) is 0 Å². The van der Waals surface area contributed by atoms with Gasteiger partial charge in [-0.05, 0) is 30.4 Å². The van der Waals surface area contributed by atoms with Crippen molar-refractivity contribution in [1.82, 2.24) is 0 Å². The molecule has 1 aromatic carbocycles. The fraction of sp³-hybridized carbons (Fsp3) is 0.364. The van der Waals surface area contributed by atoms with Crippen LogP contribution in [0.2, 0.25) is 0 Å². The molecule has 1 aromatic rings. The lowest BCUT2D eigenvalue weighted by atomic mass is 10.1. The van der Waals surface area contributed by atoms with Gasteiger partial charge < -0.3 is 5.11 Å².